The molecule has 0 unspecified atom stereocenters. The van der Waals surface area contributed by atoms with Crippen molar-refractivity contribution >= 4 is 11.9 Å². The van der Waals surface area contributed by atoms with E-state index in [4.69, 9.17) is 10.8 Å². The highest BCUT2D eigenvalue weighted by molar-refractivity contribution is 5.94. The Bertz CT molecular complexity index is 573. The van der Waals surface area contributed by atoms with Crippen molar-refractivity contribution in [2.24, 2.45) is 5.73 Å². The average molecular weight is 289 g/mol. The largest absolute Gasteiger partial charge is 0.395 e. The van der Waals surface area contributed by atoms with Crippen molar-refractivity contribution < 1.29 is 14.7 Å². The minimum atomic E-state index is -0.624. The van der Waals surface area contributed by atoms with Crippen molar-refractivity contribution in [2.45, 2.75) is 13.3 Å². The summed E-state index contributed by atoms with van der Waals surface area (Å²) >= 11 is 0. The third-order valence-corrected chi connectivity index (χ3v) is 2.67. The Morgan fingerprint density at radius 1 is 1.29 bits per heavy atom. The predicted molar refractivity (Wildman–Crippen MR) is 79.7 cm³/mol. The number of urea groups is 1. The number of nitrogens with one attached hydrogen (secondary N) is 2. The highest BCUT2D eigenvalue weighted by Gasteiger charge is 2.06. The summed E-state index contributed by atoms with van der Waals surface area (Å²) in [6, 6.07) is 4.61. The zero-order chi connectivity index (χ0) is 15.7. The van der Waals surface area contributed by atoms with Gasteiger partial charge in [0.1, 0.15) is 0 Å². The van der Waals surface area contributed by atoms with Crippen LogP contribution >= 0.6 is 0 Å². The lowest BCUT2D eigenvalue weighted by molar-refractivity contribution is 0.0954. The second-order valence-corrected chi connectivity index (χ2v) is 4.35. The Morgan fingerprint density at radius 3 is 2.67 bits per heavy atom. The molecule has 0 radical (unpaired) electrons. The summed E-state index contributed by atoms with van der Waals surface area (Å²) in [5.41, 5.74) is 7.13. The molecule has 0 spiro atoms. The smallest absolute Gasteiger partial charge is 0.312 e. The molecule has 0 aromatic heterocycles. The third-order valence-electron chi connectivity index (χ3n) is 2.67. The first-order valence-electron chi connectivity index (χ1n) is 6.56. The van der Waals surface area contributed by atoms with Crippen molar-refractivity contribution in [2.75, 3.05) is 19.7 Å². The molecule has 3 amide bonds. The molecule has 5 N–H and O–H groups in total. The number of carbonyl (C=O) groups excluding carboxylic acids is 2. The number of hydrogen-bond donors (Lipinski definition) is 4. The Morgan fingerprint density at radius 2 is 2.00 bits per heavy atom. The fourth-order valence-corrected chi connectivity index (χ4v) is 1.58. The lowest BCUT2D eigenvalue weighted by Gasteiger charge is -2.07. The van der Waals surface area contributed by atoms with E-state index in [1.807, 2.05) is 13.0 Å². The highest BCUT2D eigenvalue weighted by Crippen LogP contribution is 2.10. The zero-order valence-corrected chi connectivity index (χ0v) is 11.9. The van der Waals surface area contributed by atoms with Gasteiger partial charge in [0.05, 0.1) is 6.61 Å². The van der Waals surface area contributed by atoms with Crippen molar-refractivity contribution in [3.05, 3.63) is 34.9 Å². The van der Waals surface area contributed by atoms with Crippen LogP contribution < -0.4 is 16.4 Å². The molecule has 112 valence electrons. The van der Waals surface area contributed by atoms with E-state index >= 15 is 0 Å². The molecular formula is C15H19N3O3. The van der Waals surface area contributed by atoms with Gasteiger partial charge < -0.3 is 21.5 Å². The van der Waals surface area contributed by atoms with Gasteiger partial charge in [0, 0.05) is 30.6 Å². The number of amides is 3. The Labute approximate surface area is 123 Å². The molecular weight excluding hydrogens is 270 g/mol. The molecule has 1 rings (SSSR count). The van der Waals surface area contributed by atoms with Gasteiger partial charge in [-0.3, -0.25) is 4.79 Å². The Hall–Kier alpha value is -2.52. The van der Waals surface area contributed by atoms with Crippen LogP contribution in [-0.2, 0) is 0 Å². The first-order chi connectivity index (χ1) is 10.0. The van der Waals surface area contributed by atoms with E-state index in [1.54, 1.807) is 12.1 Å². The number of nitrogens with two attached hydrogens (primary N) is 1. The van der Waals surface area contributed by atoms with Crippen LogP contribution in [0.3, 0.4) is 0 Å². The molecule has 0 fully saturated rings. The van der Waals surface area contributed by atoms with Gasteiger partial charge in [-0.25, -0.2) is 4.79 Å². The monoisotopic (exact) mass is 289 g/mol. The van der Waals surface area contributed by atoms with Crippen molar-refractivity contribution in [1.82, 2.24) is 10.6 Å². The van der Waals surface area contributed by atoms with Gasteiger partial charge in [0.2, 0.25) is 0 Å². The van der Waals surface area contributed by atoms with Gasteiger partial charge in [-0.05, 0) is 24.6 Å². The number of rotatable bonds is 5. The van der Waals surface area contributed by atoms with Gasteiger partial charge in [0.25, 0.3) is 5.91 Å². The molecule has 0 saturated carbocycles. The first-order valence-corrected chi connectivity index (χ1v) is 6.56. The number of aliphatic hydroxyl groups excluding tert-OH is 1. The number of carbonyl (C=O) groups is 2. The van der Waals surface area contributed by atoms with Crippen molar-refractivity contribution in [3.8, 4) is 11.8 Å². The van der Waals surface area contributed by atoms with E-state index in [9.17, 15) is 9.59 Å². The number of aryl methyl sites for hydroxylation is 1. The highest BCUT2D eigenvalue weighted by atomic mass is 16.2. The van der Waals surface area contributed by atoms with E-state index in [-0.39, 0.29) is 19.1 Å². The number of aliphatic hydroxyl groups is 1. The SMILES string of the molecule is Cc1ccc(C(=O)NCCNC(N)=O)cc1C#CCCO. The van der Waals surface area contributed by atoms with E-state index < -0.39 is 6.03 Å². The van der Waals surface area contributed by atoms with Crippen LogP contribution in [0.15, 0.2) is 18.2 Å². The summed E-state index contributed by atoms with van der Waals surface area (Å²) in [6.07, 6.45) is 0.397. The molecule has 0 bridgehead atoms. The van der Waals surface area contributed by atoms with E-state index in [0.29, 0.717) is 18.5 Å². The molecule has 0 aliphatic rings. The predicted octanol–water partition coefficient (Wildman–Crippen LogP) is 0.127. The fraction of sp³-hybridized carbons (Fsp3) is 0.333. The van der Waals surface area contributed by atoms with Crippen LogP contribution in [0.4, 0.5) is 4.79 Å². The summed E-state index contributed by atoms with van der Waals surface area (Å²) in [4.78, 5) is 22.4. The van der Waals surface area contributed by atoms with Crippen LogP contribution in [0.5, 0.6) is 0 Å². The standard InChI is InChI=1S/C15H19N3O3/c1-11-5-6-13(10-12(11)4-2-3-9-19)14(20)17-7-8-18-15(16)21/h5-6,10,19H,3,7-9H2,1H3,(H,17,20)(H3,16,18,21). The van der Waals surface area contributed by atoms with Gasteiger partial charge >= 0.3 is 6.03 Å². The summed E-state index contributed by atoms with van der Waals surface area (Å²) in [7, 11) is 0. The molecule has 0 atom stereocenters. The Balaban J connectivity index is 2.66. The number of benzene rings is 1. The molecule has 6 nitrogen and oxygen atoms in total. The third kappa shape index (κ3) is 5.97. The number of primary amides is 1. The van der Waals surface area contributed by atoms with Crippen molar-refractivity contribution in [1.29, 1.82) is 0 Å². The Kier molecular flexibility index (Phi) is 6.78. The fourth-order valence-electron chi connectivity index (χ4n) is 1.58. The summed E-state index contributed by atoms with van der Waals surface area (Å²) in [5.74, 6) is 5.51. The molecule has 21 heavy (non-hydrogen) atoms. The lowest BCUT2D eigenvalue weighted by atomic mass is 10.0. The minimum absolute atomic E-state index is 0.0130. The van der Waals surface area contributed by atoms with E-state index in [0.717, 1.165) is 11.1 Å². The molecule has 1 aromatic rings. The van der Waals surface area contributed by atoms with Crippen LogP contribution in [0.25, 0.3) is 0 Å². The first kappa shape index (κ1) is 16.5. The van der Waals surface area contributed by atoms with Crippen molar-refractivity contribution in [3.63, 3.8) is 0 Å². The van der Waals surface area contributed by atoms with E-state index in [2.05, 4.69) is 22.5 Å². The molecule has 0 aliphatic carbocycles. The maximum atomic E-state index is 11.9. The number of hydrogen-bond acceptors (Lipinski definition) is 3. The maximum Gasteiger partial charge on any atom is 0.312 e. The minimum Gasteiger partial charge on any atom is -0.395 e. The van der Waals surface area contributed by atoms with Gasteiger partial charge in [-0.1, -0.05) is 17.9 Å². The summed E-state index contributed by atoms with van der Waals surface area (Å²) < 4.78 is 0. The van der Waals surface area contributed by atoms with Gasteiger partial charge in [-0.2, -0.15) is 0 Å². The molecule has 0 heterocycles. The lowest BCUT2D eigenvalue weighted by Crippen LogP contribution is -2.37. The maximum absolute atomic E-state index is 11.9. The molecule has 6 heteroatoms. The molecule has 0 aliphatic heterocycles. The zero-order valence-electron chi connectivity index (χ0n) is 11.9. The summed E-state index contributed by atoms with van der Waals surface area (Å²) in [6.45, 7) is 2.48. The quantitative estimate of drug-likeness (QED) is 0.457. The normalized spacial score (nSPS) is 9.43. The van der Waals surface area contributed by atoms with Crippen LogP contribution in [0.1, 0.15) is 27.9 Å². The van der Waals surface area contributed by atoms with Gasteiger partial charge in [-0.15, -0.1) is 0 Å². The summed E-state index contributed by atoms with van der Waals surface area (Å²) in [5, 5.41) is 13.8. The molecule has 1 aromatic carbocycles. The van der Waals surface area contributed by atoms with E-state index in [1.165, 1.54) is 0 Å². The van der Waals surface area contributed by atoms with Crippen LogP contribution in [0, 0.1) is 18.8 Å². The van der Waals surface area contributed by atoms with Crippen LogP contribution in [0.2, 0.25) is 0 Å². The topological polar surface area (TPSA) is 104 Å². The van der Waals surface area contributed by atoms with Gasteiger partial charge in [0.15, 0.2) is 0 Å². The molecule has 0 saturated heterocycles. The average Bonchev–Trinajstić information content (AvgIpc) is 2.45. The second kappa shape index (κ2) is 8.61. The van der Waals surface area contributed by atoms with Crippen LogP contribution in [-0.4, -0.2) is 36.7 Å². The second-order valence-electron chi connectivity index (χ2n) is 4.35.